The summed E-state index contributed by atoms with van der Waals surface area (Å²) in [5.74, 6) is 0.784. The molecule has 1 aliphatic rings. The van der Waals surface area contributed by atoms with Crippen LogP contribution in [0.2, 0.25) is 5.02 Å². The minimum absolute atomic E-state index is 0.0485. The third-order valence-electron chi connectivity index (χ3n) is 5.23. The summed E-state index contributed by atoms with van der Waals surface area (Å²) in [4.78, 5) is 24.9. The van der Waals surface area contributed by atoms with Crippen LogP contribution in [-0.2, 0) is 11.3 Å². The van der Waals surface area contributed by atoms with Gasteiger partial charge in [0, 0.05) is 43.8 Å². The predicted octanol–water partition coefficient (Wildman–Crippen LogP) is 4.32. The lowest BCUT2D eigenvalue weighted by atomic mass is 10.2. The summed E-state index contributed by atoms with van der Waals surface area (Å²) in [5, 5.41) is 4.66. The molecule has 6 nitrogen and oxygen atoms in total. The van der Waals surface area contributed by atoms with Gasteiger partial charge >= 0.3 is 0 Å². The molecule has 0 radical (unpaired) electrons. The molecular weight excluding hydrogens is 449 g/mol. The van der Waals surface area contributed by atoms with Crippen LogP contribution < -0.4 is 10.2 Å². The zero-order chi connectivity index (χ0) is 22.3. The largest absolute Gasteiger partial charge is 0.366 e. The van der Waals surface area contributed by atoms with Gasteiger partial charge in [-0.25, -0.2) is 14.4 Å². The number of halogens is 2. The minimum Gasteiger partial charge on any atom is -0.366 e. The Morgan fingerprint density at radius 2 is 1.81 bits per heavy atom. The van der Waals surface area contributed by atoms with Crippen LogP contribution >= 0.6 is 23.4 Å². The Balaban J connectivity index is 1.26. The van der Waals surface area contributed by atoms with Crippen molar-refractivity contribution >= 4 is 40.8 Å². The molecule has 0 atom stereocenters. The first-order valence-electron chi connectivity index (χ1n) is 10.3. The summed E-state index contributed by atoms with van der Waals surface area (Å²) in [6.45, 7) is 2.91. The second-order valence-corrected chi connectivity index (χ2v) is 8.70. The van der Waals surface area contributed by atoms with E-state index in [9.17, 15) is 9.18 Å². The first-order valence-corrected chi connectivity index (χ1v) is 11.7. The van der Waals surface area contributed by atoms with Crippen molar-refractivity contribution in [2.24, 2.45) is 0 Å². The molecule has 2 aromatic carbocycles. The zero-order valence-electron chi connectivity index (χ0n) is 17.4. The average molecular weight is 472 g/mol. The Bertz CT molecular complexity index is 1080. The highest BCUT2D eigenvalue weighted by Gasteiger charge is 2.22. The molecule has 0 aliphatic carbocycles. The maximum Gasteiger partial charge on any atom is 0.233 e. The summed E-state index contributed by atoms with van der Waals surface area (Å²) in [6.07, 6.45) is 1.48. The number of nitrogens with zero attached hydrogens (tertiary/aromatic N) is 4. The van der Waals surface area contributed by atoms with E-state index in [1.165, 1.54) is 24.2 Å². The van der Waals surface area contributed by atoms with Gasteiger partial charge in [-0.1, -0.05) is 53.7 Å². The third-order valence-corrected chi connectivity index (χ3v) is 6.51. The number of carbonyl (C=O) groups excluding carboxylic acids is 1. The van der Waals surface area contributed by atoms with Gasteiger partial charge in [-0.15, -0.1) is 0 Å². The Morgan fingerprint density at radius 1 is 1.06 bits per heavy atom. The molecule has 0 saturated carbocycles. The zero-order valence-corrected chi connectivity index (χ0v) is 18.9. The lowest BCUT2D eigenvalue weighted by Gasteiger charge is -2.36. The predicted molar refractivity (Wildman–Crippen MR) is 127 cm³/mol. The Kier molecular flexibility index (Phi) is 7.44. The highest BCUT2D eigenvalue weighted by molar-refractivity contribution is 7.99. The van der Waals surface area contributed by atoms with Crippen LogP contribution in [0, 0.1) is 5.82 Å². The summed E-state index contributed by atoms with van der Waals surface area (Å²) in [5.41, 5.74) is 1.57. The number of rotatable bonds is 7. The van der Waals surface area contributed by atoms with E-state index in [1.54, 1.807) is 12.1 Å². The van der Waals surface area contributed by atoms with Crippen molar-refractivity contribution in [2.45, 2.75) is 11.6 Å². The van der Waals surface area contributed by atoms with Crippen LogP contribution in [0.25, 0.3) is 0 Å². The molecule has 1 saturated heterocycles. The molecule has 166 valence electrons. The number of anilines is 2. The fourth-order valence-corrected chi connectivity index (χ4v) is 4.45. The summed E-state index contributed by atoms with van der Waals surface area (Å²) in [7, 11) is 0. The standard InChI is InChI=1S/C23H23ClFN5OS/c24-18-6-2-1-5-17(18)14-26-21-13-22(28-16-27-21)32-15-23(31)30-11-9-29(10-12-30)20-8-4-3-7-19(20)25/h1-8,13,16H,9-12,14-15H2,(H,26,27,28). The van der Waals surface area contributed by atoms with Crippen molar-refractivity contribution < 1.29 is 9.18 Å². The molecule has 32 heavy (non-hydrogen) atoms. The van der Waals surface area contributed by atoms with E-state index >= 15 is 0 Å². The van der Waals surface area contributed by atoms with Crippen molar-refractivity contribution in [1.82, 2.24) is 14.9 Å². The van der Waals surface area contributed by atoms with Crippen LogP contribution in [0.5, 0.6) is 0 Å². The maximum atomic E-state index is 14.0. The van der Waals surface area contributed by atoms with Crippen LogP contribution in [0.1, 0.15) is 5.56 Å². The number of amides is 1. The lowest BCUT2D eigenvalue weighted by Crippen LogP contribution is -2.49. The number of thioether (sulfide) groups is 1. The van der Waals surface area contributed by atoms with E-state index in [0.29, 0.717) is 55.0 Å². The molecule has 3 aromatic rings. The molecule has 4 rings (SSSR count). The van der Waals surface area contributed by atoms with Gasteiger partial charge < -0.3 is 15.1 Å². The van der Waals surface area contributed by atoms with Crippen LogP contribution in [0.4, 0.5) is 15.9 Å². The van der Waals surface area contributed by atoms with Gasteiger partial charge in [-0.3, -0.25) is 4.79 Å². The van der Waals surface area contributed by atoms with E-state index in [0.717, 1.165) is 10.6 Å². The van der Waals surface area contributed by atoms with Crippen LogP contribution in [0.15, 0.2) is 66.0 Å². The number of piperazine rings is 1. The number of hydrogen-bond donors (Lipinski definition) is 1. The molecule has 0 unspecified atom stereocenters. The smallest absolute Gasteiger partial charge is 0.233 e. The maximum absolute atomic E-state index is 14.0. The number of benzene rings is 2. The SMILES string of the molecule is O=C(CSc1cc(NCc2ccccc2Cl)ncn1)N1CCN(c2ccccc2F)CC1. The van der Waals surface area contributed by atoms with Gasteiger partial charge in [0.15, 0.2) is 0 Å². The highest BCUT2D eigenvalue weighted by Crippen LogP contribution is 2.22. The second kappa shape index (κ2) is 10.7. The van der Waals surface area contributed by atoms with E-state index in [1.807, 2.05) is 46.2 Å². The van der Waals surface area contributed by atoms with Crippen molar-refractivity contribution in [3.63, 3.8) is 0 Å². The van der Waals surface area contributed by atoms with Crippen LogP contribution in [-0.4, -0.2) is 52.7 Å². The fourth-order valence-electron chi connectivity index (χ4n) is 3.47. The van der Waals surface area contributed by atoms with Crippen molar-refractivity contribution in [2.75, 3.05) is 42.1 Å². The number of nitrogens with one attached hydrogen (secondary N) is 1. The van der Waals surface area contributed by atoms with Gasteiger partial charge in [-0.2, -0.15) is 0 Å². The van der Waals surface area contributed by atoms with Crippen molar-refractivity contribution in [3.05, 3.63) is 77.3 Å². The molecule has 2 heterocycles. The lowest BCUT2D eigenvalue weighted by molar-refractivity contribution is -0.128. The monoisotopic (exact) mass is 471 g/mol. The van der Waals surface area contributed by atoms with Crippen LogP contribution in [0.3, 0.4) is 0 Å². The van der Waals surface area contributed by atoms with Gasteiger partial charge in [0.25, 0.3) is 0 Å². The number of carbonyl (C=O) groups is 1. The second-order valence-electron chi connectivity index (χ2n) is 7.29. The van der Waals surface area contributed by atoms with E-state index in [2.05, 4.69) is 15.3 Å². The van der Waals surface area contributed by atoms with Gasteiger partial charge in [0.1, 0.15) is 23.0 Å². The molecule has 1 N–H and O–H groups in total. The molecule has 1 aliphatic heterocycles. The van der Waals surface area contributed by atoms with Gasteiger partial charge in [0.05, 0.1) is 11.4 Å². The van der Waals surface area contributed by atoms with E-state index in [-0.39, 0.29) is 11.7 Å². The van der Waals surface area contributed by atoms with E-state index in [4.69, 9.17) is 11.6 Å². The Morgan fingerprint density at radius 3 is 2.59 bits per heavy atom. The Hall–Kier alpha value is -2.84. The molecular formula is C23H23ClFN5OS. The van der Waals surface area contributed by atoms with Crippen molar-refractivity contribution in [1.29, 1.82) is 0 Å². The number of hydrogen-bond acceptors (Lipinski definition) is 6. The summed E-state index contributed by atoms with van der Waals surface area (Å²) >= 11 is 7.57. The average Bonchev–Trinajstić information content (AvgIpc) is 2.83. The molecule has 0 spiro atoms. The first kappa shape index (κ1) is 22.4. The summed E-state index contributed by atoms with van der Waals surface area (Å²) in [6, 6.07) is 16.2. The third kappa shape index (κ3) is 5.69. The van der Waals surface area contributed by atoms with Crippen molar-refractivity contribution in [3.8, 4) is 0 Å². The van der Waals surface area contributed by atoms with Gasteiger partial charge in [-0.05, 0) is 23.8 Å². The quantitative estimate of drug-likeness (QED) is 0.409. The molecule has 9 heteroatoms. The number of para-hydroxylation sites is 1. The number of aromatic nitrogens is 2. The Labute approximate surface area is 195 Å². The summed E-state index contributed by atoms with van der Waals surface area (Å²) < 4.78 is 14.0. The van der Waals surface area contributed by atoms with Gasteiger partial charge in [0.2, 0.25) is 5.91 Å². The fraction of sp³-hybridized carbons (Fsp3) is 0.261. The minimum atomic E-state index is -0.231. The highest BCUT2D eigenvalue weighted by atomic mass is 35.5. The normalized spacial score (nSPS) is 13.8. The molecule has 1 aromatic heterocycles. The molecule has 1 fully saturated rings. The molecule has 1 amide bonds. The molecule has 0 bridgehead atoms. The van der Waals surface area contributed by atoms with E-state index < -0.39 is 0 Å². The topological polar surface area (TPSA) is 61.4 Å². The first-order chi connectivity index (χ1) is 15.6.